The van der Waals surface area contributed by atoms with Crippen molar-refractivity contribution in [1.29, 1.82) is 0 Å². The third-order valence-corrected chi connectivity index (χ3v) is 3.46. The first-order chi connectivity index (χ1) is 8.43. The predicted molar refractivity (Wildman–Crippen MR) is 69.4 cm³/mol. The van der Waals surface area contributed by atoms with Crippen molar-refractivity contribution in [2.75, 3.05) is 11.9 Å². The monoisotopic (exact) mass is 227 g/mol. The van der Waals surface area contributed by atoms with Crippen LogP contribution < -0.4 is 5.32 Å². The third-order valence-electron chi connectivity index (χ3n) is 3.46. The van der Waals surface area contributed by atoms with Gasteiger partial charge in [-0.05, 0) is 37.0 Å². The molecule has 3 rings (SSSR count). The highest BCUT2D eigenvalue weighted by molar-refractivity contribution is 5.60. The Balaban J connectivity index is 1.78. The molecule has 0 saturated heterocycles. The maximum absolute atomic E-state index is 4.29. The van der Waals surface area contributed by atoms with E-state index in [4.69, 9.17) is 0 Å². The van der Waals surface area contributed by atoms with E-state index in [0.717, 1.165) is 18.2 Å². The van der Waals surface area contributed by atoms with E-state index < -0.39 is 0 Å². The summed E-state index contributed by atoms with van der Waals surface area (Å²) in [6.45, 7) is 1.08. The summed E-state index contributed by atoms with van der Waals surface area (Å²) in [6.07, 6.45) is 7.92. The van der Waals surface area contributed by atoms with Gasteiger partial charge in [0.15, 0.2) is 0 Å². The number of hydrogen-bond acceptors (Lipinski definition) is 2. The van der Waals surface area contributed by atoms with E-state index in [-0.39, 0.29) is 0 Å². The summed E-state index contributed by atoms with van der Waals surface area (Å²) in [5, 5.41) is 7.83. The zero-order valence-corrected chi connectivity index (χ0v) is 9.84. The van der Waals surface area contributed by atoms with E-state index in [0.29, 0.717) is 0 Å². The van der Waals surface area contributed by atoms with Crippen molar-refractivity contribution in [3.05, 3.63) is 42.7 Å². The van der Waals surface area contributed by atoms with Crippen LogP contribution in [0.25, 0.3) is 5.69 Å². The number of rotatable bonds is 4. The first-order valence-corrected chi connectivity index (χ1v) is 6.26. The number of anilines is 1. The van der Waals surface area contributed by atoms with Gasteiger partial charge < -0.3 is 5.32 Å². The molecule has 1 aliphatic carbocycles. The van der Waals surface area contributed by atoms with Gasteiger partial charge >= 0.3 is 0 Å². The Bertz CT molecular complexity index is 472. The van der Waals surface area contributed by atoms with Gasteiger partial charge in [-0.3, -0.25) is 0 Å². The zero-order chi connectivity index (χ0) is 11.5. The normalized spacial score (nSPS) is 15.5. The number of benzene rings is 1. The average Bonchev–Trinajstić information content (AvgIpc) is 2.81. The second kappa shape index (κ2) is 4.62. The van der Waals surface area contributed by atoms with Gasteiger partial charge in [0.25, 0.3) is 0 Å². The lowest BCUT2D eigenvalue weighted by Gasteiger charge is -2.26. The summed E-state index contributed by atoms with van der Waals surface area (Å²) in [5.74, 6) is 0.862. The SMILES string of the molecule is c1ccc(-n2cccn2)c(NCC2CCC2)c1. The molecule has 0 amide bonds. The molecule has 88 valence electrons. The summed E-state index contributed by atoms with van der Waals surface area (Å²) in [6, 6.07) is 10.3. The molecule has 0 aliphatic heterocycles. The van der Waals surface area contributed by atoms with Gasteiger partial charge in [0.05, 0.1) is 11.4 Å². The smallest absolute Gasteiger partial charge is 0.0876 e. The topological polar surface area (TPSA) is 29.9 Å². The molecule has 0 atom stereocenters. The first-order valence-electron chi connectivity index (χ1n) is 6.26. The van der Waals surface area contributed by atoms with Crippen LogP contribution in [0.2, 0.25) is 0 Å². The molecule has 2 aromatic rings. The quantitative estimate of drug-likeness (QED) is 0.869. The van der Waals surface area contributed by atoms with Gasteiger partial charge in [-0.1, -0.05) is 18.6 Å². The Labute approximate surface area is 101 Å². The molecular formula is C14H17N3. The van der Waals surface area contributed by atoms with Crippen molar-refractivity contribution < 1.29 is 0 Å². The van der Waals surface area contributed by atoms with E-state index in [1.165, 1.54) is 24.9 Å². The summed E-state index contributed by atoms with van der Waals surface area (Å²) in [5.41, 5.74) is 2.29. The van der Waals surface area contributed by atoms with E-state index in [1.807, 2.05) is 29.2 Å². The Morgan fingerprint density at radius 2 is 2.12 bits per heavy atom. The molecule has 0 unspecified atom stereocenters. The van der Waals surface area contributed by atoms with Crippen molar-refractivity contribution in [3.63, 3.8) is 0 Å². The molecule has 0 spiro atoms. The van der Waals surface area contributed by atoms with Gasteiger partial charge in [0.2, 0.25) is 0 Å². The molecule has 1 fully saturated rings. The highest BCUT2D eigenvalue weighted by Gasteiger charge is 2.17. The summed E-state index contributed by atoms with van der Waals surface area (Å²) >= 11 is 0. The fourth-order valence-corrected chi connectivity index (χ4v) is 2.19. The minimum Gasteiger partial charge on any atom is -0.383 e. The average molecular weight is 227 g/mol. The number of para-hydroxylation sites is 2. The standard InChI is InChI=1S/C14H17N3/c1-2-8-14(17-10-4-9-16-17)13(7-1)15-11-12-5-3-6-12/h1-2,4,7-10,12,15H,3,5-6,11H2. The van der Waals surface area contributed by atoms with Crippen molar-refractivity contribution in [2.24, 2.45) is 5.92 Å². The molecule has 1 N–H and O–H groups in total. The molecule has 17 heavy (non-hydrogen) atoms. The summed E-state index contributed by atoms with van der Waals surface area (Å²) in [7, 11) is 0. The van der Waals surface area contributed by atoms with Crippen LogP contribution in [0.1, 0.15) is 19.3 Å². The predicted octanol–water partition coefficient (Wildman–Crippen LogP) is 3.08. The van der Waals surface area contributed by atoms with Crippen LogP contribution >= 0.6 is 0 Å². The van der Waals surface area contributed by atoms with Crippen LogP contribution in [-0.4, -0.2) is 16.3 Å². The minimum absolute atomic E-state index is 0.862. The van der Waals surface area contributed by atoms with E-state index in [2.05, 4.69) is 28.6 Å². The second-order valence-electron chi connectivity index (χ2n) is 4.65. The second-order valence-corrected chi connectivity index (χ2v) is 4.65. The van der Waals surface area contributed by atoms with Gasteiger partial charge in [-0.15, -0.1) is 0 Å². The number of hydrogen-bond donors (Lipinski definition) is 1. The fraction of sp³-hybridized carbons (Fsp3) is 0.357. The van der Waals surface area contributed by atoms with Crippen molar-refractivity contribution in [1.82, 2.24) is 9.78 Å². The van der Waals surface area contributed by atoms with Crippen molar-refractivity contribution in [2.45, 2.75) is 19.3 Å². The Morgan fingerprint density at radius 1 is 1.24 bits per heavy atom. The summed E-state index contributed by atoms with van der Waals surface area (Å²) < 4.78 is 1.91. The van der Waals surface area contributed by atoms with Crippen molar-refractivity contribution >= 4 is 5.69 Å². The molecule has 1 aromatic carbocycles. The van der Waals surface area contributed by atoms with Crippen molar-refractivity contribution in [3.8, 4) is 5.69 Å². The lowest BCUT2D eigenvalue weighted by Crippen LogP contribution is -2.21. The third kappa shape index (κ3) is 2.18. The molecule has 3 nitrogen and oxygen atoms in total. The van der Waals surface area contributed by atoms with Crippen LogP contribution in [0.3, 0.4) is 0 Å². The zero-order valence-electron chi connectivity index (χ0n) is 9.84. The molecule has 1 aliphatic rings. The van der Waals surface area contributed by atoms with Crippen LogP contribution in [0.15, 0.2) is 42.7 Å². The number of aromatic nitrogens is 2. The van der Waals surface area contributed by atoms with Gasteiger partial charge in [0, 0.05) is 18.9 Å². The van der Waals surface area contributed by atoms with Gasteiger partial charge in [-0.2, -0.15) is 5.10 Å². The fourth-order valence-electron chi connectivity index (χ4n) is 2.19. The maximum Gasteiger partial charge on any atom is 0.0876 e. The minimum atomic E-state index is 0.862. The van der Waals surface area contributed by atoms with E-state index in [9.17, 15) is 0 Å². The van der Waals surface area contributed by atoms with Crippen LogP contribution in [0.4, 0.5) is 5.69 Å². The Hall–Kier alpha value is -1.77. The highest BCUT2D eigenvalue weighted by atomic mass is 15.3. The highest BCUT2D eigenvalue weighted by Crippen LogP contribution is 2.27. The largest absolute Gasteiger partial charge is 0.383 e. The van der Waals surface area contributed by atoms with Crippen LogP contribution in [0, 0.1) is 5.92 Å². The molecule has 1 saturated carbocycles. The molecule has 1 heterocycles. The molecule has 3 heteroatoms. The lowest BCUT2D eigenvalue weighted by atomic mass is 9.85. The molecule has 0 bridgehead atoms. The Morgan fingerprint density at radius 3 is 2.82 bits per heavy atom. The Kier molecular flexibility index (Phi) is 2.82. The van der Waals surface area contributed by atoms with E-state index >= 15 is 0 Å². The maximum atomic E-state index is 4.29. The first kappa shape index (κ1) is 10.4. The number of nitrogens with one attached hydrogen (secondary N) is 1. The lowest BCUT2D eigenvalue weighted by molar-refractivity contribution is 0.333. The summed E-state index contributed by atoms with van der Waals surface area (Å²) in [4.78, 5) is 0. The number of nitrogens with zero attached hydrogens (tertiary/aromatic N) is 2. The van der Waals surface area contributed by atoms with Gasteiger partial charge in [-0.25, -0.2) is 4.68 Å². The van der Waals surface area contributed by atoms with E-state index in [1.54, 1.807) is 0 Å². The molecule has 0 radical (unpaired) electrons. The van der Waals surface area contributed by atoms with Crippen LogP contribution in [-0.2, 0) is 0 Å². The van der Waals surface area contributed by atoms with Crippen LogP contribution in [0.5, 0.6) is 0 Å². The van der Waals surface area contributed by atoms with Gasteiger partial charge in [0.1, 0.15) is 0 Å². The molecular weight excluding hydrogens is 210 g/mol. The molecule has 1 aromatic heterocycles.